The molecule has 2 heteroatoms. The molecule has 0 fully saturated rings. The van der Waals surface area contributed by atoms with Gasteiger partial charge in [-0.25, -0.2) is 0 Å². The van der Waals surface area contributed by atoms with Gasteiger partial charge in [-0.1, -0.05) is 19.1 Å². The van der Waals surface area contributed by atoms with Crippen LogP contribution >= 0.6 is 0 Å². The highest BCUT2D eigenvalue weighted by Crippen LogP contribution is 2.18. The van der Waals surface area contributed by atoms with Gasteiger partial charge >= 0.3 is 0 Å². The number of methoxy groups -OCH3 is 1. The molecule has 0 N–H and O–H groups in total. The van der Waals surface area contributed by atoms with Gasteiger partial charge in [-0.3, -0.25) is 4.79 Å². The minimum absolute atomic E-state index is 0.180. The third-order valence-corrected chi connectivity index (χ3v) is 1.77. The average Bonchev–Trinajstić information content (AvgIpc) is 2.17. The van der Waals surface area contributed by atoms with Gasteiger partial charge in [0.1, 0.15) is 5.75 Å². The number of benzene rings is 1. The van der Waals surface area contributed by atoms with Gasteiger partial charge in [0.05, 0.1) is 7.11 Å². The summed E-state index contributed by atoms with van der Waals surface area (Å²) in [7, 11) is 1.61. The number of hydrogen-bond acceptors (Lipinski definition) is 2. The summed E-state index contributed by atoms with van der Waals surface area (Å²) < 4.78 is 5.02. The first-order valence-corrected chi connectivity index (χ1v) is 3.79. The van der Waals surface area contributed by atoms with Crippen LogP contribution in [0.25, 0.3) is 0 Å². The fourth-order valence-electron chi connectivity index (χ4n) is 0.979. The third-order valence-electron chi connectivity index (χ3n) is 1.77. The van der Waals surface area contributed by atoms with Crippen molar-refractivity contribution >= 4 is 6.29 Å². The molecule has 1 radical (unpaired) electrons. The van der Waals surface area contributed by atoms with Gasteiger partial charge in [0.25, 0.3) is 0 Å². The van der Waals surface area contributed by atoms with Crippen LogP contribution in [0, 0.1) is 0 Å². The van der Waals surface area contributed by atoms with Gasteiger partial charge in [0, 0.05) is 5.92 Å². The molecule has 0 aliphatic rings. The maximum absolute atomic E-state index is 10.3. The Morgan fingerprint density at radius 2 is 2.25 bits per heavy atom. The zero-order valence-corrected chi connectivity index (χ0v) is 7.20. The standard InChI is InChI=1S/C10H11O2/c1-8(7-11)9-4-3-5-10(6-9)12-2/h3-6,8H,1-2H3. The van der Waals surface area contributed by atoms with Crippen molar-refractivity contribution in [3.63, 3.8) is 0 Å². The molecule has 0 aromatic heterocycles. The molecule has 63 valence electrons. The van der Waals surface area contributed by atoms with Crippen LogP contribution in [0.3, 0.4) is 0 Å². The largest absolute Gasteiger partial charge is 0.497 e. The van der Waals surface area contributed by atoms with Crippen LogP contribution in [0.4, 0.5) is 0 Å². The van der Waals surface area contributed by atoms with Crippen molar-refractivity contribution in [2.75, 3.05) is 7.11 Å². The van der Waals surface area contributed by atoms with Crippen LogP contribution in [0.15, 0.2) is 24.3 Å². The molecule has 1 aromatic rings. The Bertz CT molecular complexity index is 268. The summed E-state index contributed by atoms with van der Waals surface area (Å²) in [5.41, 5.74) is 0.935. The third kappa shape index (κ3) is 1.84. The van der Waals surface area contributed by atoms with Gasteiger partial charge in [-0.05, 0) is 17.7 Å². The van der Waals surface area contributed by atoms with Crippen molar-refractivity contribution in [1.82, 2.24) is 0 Å². The zero-order chi connectivity index (χ0) is 8.97. The molecule has 12 heavy (non-hydrogen) atoms. The van der Waals surface area contributed by atoms with Gasteiger partial charge < -0.3 is 4.74 Å². The predicted molar refractivity (Wildman–Crippen MR) is 47.1 cm³/mol. The Morgan fingerprint density at radius 3 is 2.83 bits per heavy atom. The summed E-state index contributed by atoms with van der Waals surface area (Å²) in [6.07, 6.45) is 1.93. The quantitative estimate of drug-likeness (QED) is 0.680. The van der Waals surface area contributed by atoms with Crippen molar-refractivity contribution in [2.24, 2.45) is 0 Å². The second kappa shape index (κ2) is 3.90. The Hall–Kier alpha value is -1.31. The lowest BCUT2D eigenvalue weighted by atomic mass is 10.0. The zero-order valence-electron chi connectivity index (χ0n) is 7.20. The smallest absolute Gasteiger partial charge is 0.206 e. The van der Waals surface area contributed by atoms with E-state index in [2.05, 4.69) is 0 Å². The van der Waals surface area contributed by atoms with Crippen molar-refractivity contribution in [3.05, 3.63) is 29.8 Å². The Balaban J connectivity index is 2.93. The molecule has 1 aromatic carbocycles. The fraction of sp³-hybridized carbons (Fsp3) is 0.300. The molecule has 0 saturated carbocycles. The van der Waals surface area contributed by atoms with Gasteiger partial charge in [-0.2, -0.15) is 0 Å². The van der Waals surface area contributed by atoms with E-state index in [1.807, 2.05) is 37.5 Å². The molecular formula is C10H11O2. The van der Waals surface area contributed by atoms with E-state index in [0.29, 0.717) is 0 Å². The van der Waals surface area contributed by atoms with Crippen molar-refractivity contribution in [2.45, 2.75) is 12.8 Å². The molecule has 1 unspecified atom stereocenters. The van der Waals surface area contributed by atoms with Crippen LogP contribution in [-0.2, 0) is 4.79 Å². The first kappa shape index (κ1) is 8.78. The normalized spacial score (nSPS) is 12.2. The number of carbonyl (C=O) groups excluding carboxylic acids is 1. The van der Waals surface area contributed by atoms with Crippen molar-refractivity contribution in [3.8, 4) is 5.75 Å². The summed E-state index contributed by atoms with van der Waals surface area (Å²) in [6, 6.07) is 7.44. The van der Waals surface area contributed by atoms with E-state index in [1.165, 1.54) is 0 Å². The van der Waals surface area contributed by atoms with Crippen LogP contribution in [0.5, 0.6) is 5.75 Å². The fourth-order valence-corrected chi connectivity index (χ4v) is 0.979. The maximum atomic E-state index is 10.3. The van der Waals surface area contributed by atoms with Gasteiger partial charge in [0.15, 0.2) is 0 Å². The lowest BCUT2D eigenvalue weighted by Gasteiger charge is -2.04. The highest BCUT2D eigenvalue weighted by atomic mass is 16.5. The van der Waals surface area contributed by atoms with Crippen LogP contribution < -0.4 is 4.74 Å². The number of hydrogen-bond donors (Lipinski definition) is 0. The average molecular weight is 163 g/mol. The molecule has 0 bridgehead atoms. The van der Waals surface area contributed by atoms with Gasteiger partial charge in [-0.15, -0.1) is 0 Å². The van der Waals surface area contributed by atoms with Crippen LogP contribution in [0.1, 0.15) is 18.4 Å². The van der Waals surface area contributed by atoms with Crippen LogP contribution in [0.2, 0.25) is 0 Å². The maximum Gasteiger partial charge on any atom is 0.206 e. The number of rotatable bonds is 3. The highest BCUT2D eigenvalue weighted by molar-refractivity contribution is 5.62. The van der Waals surface area contributed by atoms with E-state index >= 15 is 0 Å². The molecule has 0 amide bonds. The Kier molecular flexibility index (Phi) is 2.86. The first-order valence-electron chi connectivity index (χ1n) is 3.79. The Morgan fingerprint density at radius 1 is 1.50 bits per heavy atom. The number of ether oxygens (including phenoxy) is 1. The second-order valence-electron chi connectivity index (χ2n) is 2.62. The minimum Gasteiger partial charge on any atom is -0.497 e. The lowest BCUT2D eigenvalue weighted by molar-refractivity contribution is 0.414. The summed E-state index contributed by atoms with van der Waals surface area (Å²) >= 11 is 0. The van der Waals surface area contributed by atoms with E-state index < -0.39 is 0 Å². The molecule has 0 aliphatic heterocycles. The molecule has 0 spiro atoms. The SMILES string of the molecule is COc1cccc(C(C)[C]=O)c1. The molecule has 0 saturated heterocycles. The van der Waals surface area contributed by atoms with Crippen molar-refractivity contribution in [1.29, 1.82) is 0 Å². The summed E-state index contributed by atoms with van der Waals surface area (Å²) in [5, 5.41) is 0. The topological polar surface area (TPSA) is 26.3 Å². The molecule has 0 aliphatic carbocycles. The molecule has 1 atom stereocenters. The van der Waals surface area contributed by atoms with E-state index in [1.54, 1.807) is 7.11 Å². The summed E-state index contributed by atoms with van der Waals surface area (Å²) in [5.74, 6) is 0.592. The van der Waals surface area contributed by atoms with Crippen LogP contribution in [-0.4, -0.2) is 13.4 Å². The van der Waals surface area contributed by atoms with E-state index in [-0.39, 0.29) is 5.92 Å². The van der Waals surface area contributed by atoms with E-state index in [4.69, 9.17) is 4.74 Å². The molecule has 2 nitrogen and oxygen atoms in total. The van der Waals surface area contributed by atoms with E-state index in [9.17, 15) is 4.79 Å². The van der Waals surface area contributed by atoms with E-state index in [0.717, 1.165) is 11.3 Å². The molecular weight excluding hydrogens is 152 g/mol. The first-order chi connectivity index (χ1) is 5.77. The minimum atomic E-state index is -0.180. The monoisotopic (exact) mass is 163 g/mol. The summed E-state index contributed by atoms with van der Waals surface area (Å²) in [6.45, 7) is 1.81. The lowest BCUT2D eigenvalue weighted by Crippen LogP contribution is -1.94. The Labute approximate surface area is 72.2 Å². The van der Waals surface area contributed by atoms with Crippen molar-refractivity contribution < 1.29 is 9.53 Å². The highest BCUT2D eigenvalue weighted by Gasteiger charge is 2.04. The predicted octanol–water partition coefficient (Wildman–Crippen LogP) is 1.91. The van der Waals surface area contributed by atoms with Gasteiger partial charge in [0.2, 0.25) is 6.29 Å². The molecule has 0 heterocycles. The molecule has 1 rings (SSSR count). The second-order valence-corrected chi connectivity index (χ2v) is 2.62. The summed E-state index contributed by atoms with van der Waals surface area (Å²) in [4.78, 5) is 10.3.